The SMILES string of the molecule is CCCCc1ccc(CN(CCC(=O)O)C(=O)c2ccc3c(c2)CC(C)(Cc2cccc(Cl)c2Cl)O3)cc1. The third-order valence-electron chi connectivity index (χ3n) is 6.92. The van der Waals surface area contributed by atoms with Crippen molar-refractivity contribution in [3.05, 3.63) is 98.5 Å². The number of rotatable bonds is 11. The Labute approximate surface area is 234 Å². The average Bonchev–Trinajstić information content (AvgIpc) is 3.23. The predicted octanol–water partition coefficient (Wildman–Crippen LogP) is 7.39. The van der Waals surface area contributed by atoms with E-state index < -0.39 is 11.6 Å². The summed E-state index contributed by atoms with van der Waals surface area (Å²) in [5, 5.41) is 10.3. The van der Waals surface area contributed by atoms with E-state index in [-0.39, 0.29) is 18.9 Å². The van der Waals surface area contributed by atoms with Crippen molar-refractivity contribution in [2.75, 3.05) is 6.54 Å². The van der Waals surface area contributed by atoms with Crippen LogP contribution in [0.15, 0.2) is 60.7 Å². The van der Waals surface area contributed by atoms with Crippen LogP contribution in [0, 0.1) is 0 Å². The number of hydrogen-bond donors (Lipinski definition) is 1. The Morgan fingerprint density at radius 1 is 1.05 bits per heavy atom. The van der Waals surface area contributed by atoms with Gasteiger partial charge in [-0.3, -0.25) is 9.59 Å². The Morgan fingerprint density at radius 3 is 2.50 bits per heavy atom. The molecule has 4 rings (SSSR count). The molecule has 0 spiro atoms. The van der Waals surface area contributed by atoms with Gasteiger partial charge in [0.15, 0.2) is 0 Å². The second kappa shape index (κ2) is 12.2. The maximum absolute atomic E-state index is 13.6. The highest BCUT2D eigenvalue weighted by atomic mass is 35.5. The van der Waals surface area contributed by atoms with E-state index in [0.29, 0.717) is 35.0 Å². The lowest BCUT2D eigenvalue weighted by Gasteiger charge is -2.24. The summed E-state index contributed by atoms with van der Waals surface area (Å²) in [5.41, 5.74) is 4.07. The number of carbonyl (C=O) groups is 2. The summed E-state index contributed by atoms with van der Waals surface area (Å²) in [6.45, 7) is 4.67. The third kappa shape index (κ3) is 6.89. The number of nitrogens with zero attached hydrogens (tertiary/aromatic N) is 1. The first kappa shape index (κ1) is 28.0. The second-order valence-electron chi connectivity index (χ2n) is 10.2. The van der Waals surface area contributed by atoms with Crippen LogP contribution in [0.1, 0.15) is 65.7 Å². The Kier molecular flexibility index (Phi) is 9.01. The molecule has 0 radical (unpaired) electrons. The molecule has 0 fully saturated rings. The highest BCUT2D eigenvalue weighted by Crippen LogP contribution is 2.39. The Morgan fingerprint density at radius 2 is 1.79 bits per heavy atom. The zero-order valence-corrected chi connectivity index (χ0v) is 23.3. The number of benzene rings is 3. The Balaban J connectivity index is 1.50. The number of unbranched alkanes of at least 4 members (excludes halogenated alkanes) is 1. The van der Waals surface area contributed by atoms with Crippen molar-refractivity contribution in [3.8, 4) is 5.75 Å². The highest BCUT2D eigenvalue weighted by molar-refractivity contribution is 6.42. The first-order valence-electron chi connectivity index (χ1n) is 13.0. The average molecular weight is 555 g/mol. The van der Waals surface area contributed by atoms with Crippen molar-refractivity contribution in [3.63, 3.8) is 0 Å². The van der Waals surface area contributed by atoms with Crippen molar-refractivity contribution in [2.24, 2.45) is 0 Å². The topological polar surface area (TPSA) is 66.8 Å². The van der Waals surface area contributed by atoms with E-state index in [4.69, 9.17) is 27.9 Å². The van der Waals surface area contributed by atoms with Gasteiger partial charge in [-0.1, -0.05) is 72.9 Å². The maximum atomic E-state index is 13.6. The molecule has 5 nitrogen and oxygen atoms in total. The largest absolute Gasteiger partial charge is 0.487 e. The van der Waals surface area contributed by atoms with E-state index in [1.807, 2.05) is 43.3 Å². The van der Waals surface area contributed by atoms with Crippen LogP contribution >= 0.6 is 23.2 Å². The van der Waals surface area contributed by atoms with Crippen molar-refractivity contribution >= 4 is 35.1 Å². The second-order valence-corrected chi connectivity index (χ2v) is 11.0. The van der Waals surface area contributed by atoms with E-state index >= 15 is 0 Å². The summed E-state index contributed by atoms with van der Waals surface area (Å²) < 4.78 is 6.30. The molecule has 7 heteroatoms. The van der Waals surface area contributed by atoms with Crippen molar-refractivity contribution in [2.45, 2.75) is 64.5 Å². The van der Waals surface area contributed by atoms with Crippen molar-refractivity contribution in [1.29, 1.82) is 0 Å². The fourth-order valence-electron chi connectivity index (χ4n) is 4.92. The number of aliphatic carboxylic acids is 1. The van der Waals surface area contributed by atoms with Gasteiger partial charge in [0, 0.05) is 31.5 Å². The van der Waals surface area contributed by atoms with Crippen molar-refractivity contribution < 1.29 is 19.4 Å². The summed E-state index contributed by atoms with van der Waals surface area (Å²) in [7, 11) is 0. The number of halogens is 2. The lowest BCUT2D eigenvalue weighted by molar-refractivity contribution is -0.137. The van der Waals surface area contributed by atoms with Gasteiger partial charge in [0.2, 0.25) is 0 Å². The first-order valence-corrected chi connectivity index (χ1v) is 13.8. The monoisotopic (exact) mass is 553 g/mol. The predicted molar refractivity (Wildman–Crippen MR) is 151 cm³/mol. The van der Waals surface area contributed by atoms with Gasteiger partial charge in [-0.05, 0) is 66.3 Å². The van der Waals surface area contributed by atoms with Gasteiger partial charge in [0.05, 0.1) is 16.5 Å². The molecule has 0 saturated carbocycles. The van der Waals surface area contributed by atoms with Gasteiger partial charge >= 0.3 is 5.97 Å². The quantitative estimate of drug-likeness (QED) is 0.268. The molecule has 1 amide bonds. The molecule has 0 aromatic heterocycles. The molecule has 1 aliphatic heterocycles. The van der Waals surface area contributed by atoms with E-state index in [0.717, 1.165) is 41.7 Å². The lowest BCUT2D eigenvalue weighted by atomic mass is 9.91. The zero-order valence-electron chi connectivity index (χ0n) is 21.8. The van der Waals surface area contributed by atoms with Crippen LogP contribution in [0.4, 0.5) is 0 Å². The molecule has 1 aliphatic rings. The summed E-state index contributed by atoms with van der Waals surface area (Å²) >= 11 is 12.6. The minimum atomic E-state index is -0.935. The number of carboxylic acids is 1. The fourth-order valence-corrected chi connectivity index (χ4v) is 5.31. The Hall–Kier alpha value is -3.02. The van der Waals surface area contributed by atoms with Gasteiger partial charge < -0.3 is 14.7 Å². The molecule has 3 aromatic rings. The molecule has 1 unspecified atom stereocenters. The molecule has 1 atom stereocenters. The van der Waals surface area contributed by atoms with Gasteiger partial charge in [0.25, 0.3) is 5.91 Å². The number of carboxylic acid groups (broad SMARTS) is 1. The molecule has 0 saturated heterocycles. The van der Waals surface area contributed by atoms with Crippen molar-refractivity contribution in [1.82, 2.24) is 4.90 Å². The number of carbonyl (C=O) groups excluding carboxylic acids is 1. The highest BCUT2D eigenvalue weighted by Gasteiger charge is 2.36. The van der Waals surface area contributed by atoms with E-state index in [9.17, 15) is 14.7 Å². The fraction of sp³-hybridized carbons (Fsp3) is 0.355. The van der Waals surface area contributed by atoms with E-state index in [1.165, 1.54) is 5.56 Å². The minimum Gasteiger partial charge on any atom is -0.487 e. The molecule has 200 valence electrons. The molecule has 0 aliphatic carbocycles. The van der Waals surface area contributed by atoms with Crippen LogP contribution in [0.5, 0.6) is 5.75 Å². The van der Waals surface area contributed by atoms with Gasteiger partial charge in [-0.2, -0.15) is 0 Å². The molecule has 0 bridgehead atoms. The van der Waals surface area contributed by atoms with Gasteiger partial charge in [-0.25, -0.2) is 0 Å². The molecular formula is C31H33Cl2NO4. The molecule has 38 heavy (non-hydrogen) atoms. The van der Waals surface area contributed by atoms with E-state index in [2.05, 4.69) is 19.1 Å². The lowest BCUT2D eigenvalue weighted by Crippen LogP contribution is -2.33. The number of aryl methyl sites for hydroxylation is 1. The van der Waals surface area contributed by atoms with Crippen LogP contribution < -0.4 is 4.74 Å². The smallest absolute Gasteiger partial charge is 0.305 e. The molecule has 1 N–H and O–H groups in total. The number of hydrogen-bond acceptors (Lipinski definition) is 3. The Bertz CT molecular complexity index is 1310. The van der Waals surface area contributed by atoms with Crippen LogP contribution in [0.2, 0.25) is 10.0 Å². The maximum Gasteiger partial charge on any atom is 0.305 e. The van der Waals surface area contributed by atoms with Crippen LogP contribution in [0.25, 0.3) is 0 Å². The summed E-state index contributed by atoms with van der Waals surface area (Å²) in [4.78, 5) is 26.5. The van der Waals surface area contributed by atoms with Crippen LogP contribution in [-0.2, 0) is 30.6 Å². The summed E-state index contributed by atoms with van der Waals surface area (Å²) in [6, 6.07) is 19.2. The zero-order chi connectivity index (χ0) is 27.3. The number of ether oxygens (including phenoxy) is 1. The minimum absolute atomic E-state index is 0.118. The van der Waals surface area contributed by atoms with Gasteiger partial charge in [-0.15, -0.1) is 0 Å². The number of amides is 1. The van der Waals surface area contributed by atoms with Crippen LogP contribution in [-0.4, -0.2) is 34.0 Å². The van der Waals surface area contributed by atoms with E-state index in [1.54, 1.807) is 17.0 Å². The molecule has 1 heterocycles. The van der Waals surface area contributed by atoms with Gasteiger partial charge in [0.1, 0.15) is 11.4 Å². The van der Waals surface area contributed by atoms with Crippen LogP contribution in [0.3, 0.4) is 0 Å². The molecule has 3 aromatic carbocycles. The normalized spacial score (nSPS) is 16.1. The molecular weight excluding hydrogens is 521 g/mol. The number of fused-ring (bicyclic) bond motifs is 1. The summed E-state index contributed by atoms with van der Waals surface area (Å²) in [5.74, 6) is -0.395. The standard InChI is InChI=1S/C31H33Cl2NO4/c1-3-4-6-21-9-11-22(12-10-21)20-34(16-15-28(35)36)30(37)23-13-14-27-25(17-23)19-31(2,38-27)18-24-7-5-8-26(32)29(24)33/h5,7-14,17H,3-4,6,15-16,18-20H2,1-2H3,(H,35,36). The third-order valence-corrected chi connectivity index (χ3v) is 7.78. The summed E-state index contributed by atoms with van der Waals surface area (Å²) in [6.07, 6.45) is 4.36. The first-order chi connectivity index (χ1) is 18.2.